The predicted molar refractivity (Wildman–Crippen MR) is 167 cm³/mol. The lowest BCUT2D eigenvalue weighted by Gasteiger charge is -2.29. The number of para-hydroxylation sites is 2. The van der Waals surface area contributed by atoms with Gasteiger partial charge >= 0.3 is 0 Å². The number of nitrogens with zero attached hydrogens (tertiary/aromatic N) is 1. The molecule has 0 saturated carbocycles. The van der Waals surface area contributed by atoms with Gasteiger partial charge in [-0.3, -0.25) is 0 Å². The molecular formula is C38H35N. The van der Waals surface area contributed by atoms with Gasteiger partial charge in [0.25, 0.3) is 0 Å². The van der Waals surface area contributed by atoms with Gasteiger partial charge in [0.2, 0.25) is 0 Å². The van der Waals surface area contributed by atoms with Gasteiger partial charge in [-0.1, -0.05) is 93.9 Å². The van der Waals surface area contributed by atoms with Crippen LogP contribution in [0.2, 0.25) is 0 Å². The Morgan fingerprint density at radius 1 is 0.513 bits per heavy atom. The van der Waals surface area contributed by atoms with Gasteiger partial charge in [0.05, 0.1) is 5.69 Å². The number of allylic oxidation sites excluding steroid dienone is 2. The van der Waals surface area contributed by atoms with E-state index in [9.17, 15) is 0 Å². The van der Waals surface area contributed by atoms with E-state index in [2.05, 4.69) is 150 Å². The SMILES string of the molecule is CC1=C(C)C(C)(C)c2cc3c(cc21)C(C)(C)c1cc(N(c2ccccc2)c2ccccc2)c2ccccc2c1-3. The van der Waals surface area contributed by atoms with Crippen molar-refractivity contribution < 1.29 is 0 Å². The molecule has 0 fully saturated rings. The second-order valence-corrected chi connectivity index (χ2v) is 12.3. The number of hydrogen-bond acceptors (Lipinski definition) is 1. The summed E-state index contributed by atoms with van der Waals surface area (Å²) in [4.78, 5) is 2.42. The Balaban J connectivity index is 1.55. The fourth-order valence-electron chi connectivity index (χ4n) is 7.07. The molecule has 1 heteroatoms. The molecule has 0 atom stereocenters. The van der Waals surface area contributed by atoms with Crippen molar-refractivity contribution in [1.82, 2.24) is 0 Å². The smallest absolute Gasteiger partial charge is 0.0543 e. The molecule has 0 spiro atoms. The molecule has 1 nitrogen and oxygen atoms in total. The van der Waals surface area contributed by atoms with Crippen molar-refractivity contribution >= 4 is 33.4 Å². The Hall–Kier alpha value is -4.10. The first-order valence-corrected chi connectivity index (χ1v) is 14.1. The highest BCUT2D eigenvalue weighted by atomic mass is 15.1. The van der Waals surface area contributed by atoms with E-state index in [0.717, 1.165) is 0 Å². The fraction of sp³-hybridized carbons (Fsp3) is 0.211. The van der Waals surface area contributed by atoms with E-state index in [1.54, 1.807) is 0 Å². The van der Waals surface area contributed by atoms with Gasteiger partial charge in [-0.2, -0.15) is 0 Å². The zero-order valence-corrected chi connectivity index (χ0v) is 23.8. The average Bonchev–Trinajstić information content (AvgIpc) is 3.28. The summed E-state index contributed by atoms with van der Waals surface area (Å²) < 4.78 is 0. The molecule has 7 rings (SSSR count). The molecule has 0 saturated heterocycles. The van der Waals surface area contributed by atoms with Crippen LogP contribution in [0.1, 0.15) is 63.8 Å². The number of fused-ring (bicyclic) bond motifs is 6. The van der Waals surface area contributed by atoms with Gasteiger partial charge in [-0.15, -0.1) is 0 Å². The Bertz CT molecular complexity index is 1760. The first kappa shape index (κ1) is 24.0. The number of benzene rings is 5. The molecule has 5 aromatic carbocycles. The van der Waals surface area contributed by atoms with E-state index >= 15 is 0 Å². The van der Waals surface area contributed by atoms with Crippen molar-refractivity contribution in [2.75, 3.05) is 4.90 Å². The lowest BCUT2D eigenvalue weighted by Crippen LogP contribution is -2.18. The second kappa shape index (κ2) is 8.20. The van der Waals surface area contributed by atoms with Crippen LogP contribution in [0.4, 0.5) is 17.1 Å². The second-order valence-electron chi connectivity index (χ2n) is 12.3. The first-order chi connectivity index (χ1) is 18.7. The average molecular weight is 506 g/mol. The third-order valence-corrected chi connectivity index (χ3v) is 9.64. The van der Waals surface area contributed by atoms with Crippen molar-refractivity contribution in [1.29, 1.82) is 0 Å². The van der Waals surface area contributed by atoms with Crippen LogP contribution in [0.5, 0.6) is 0 Å². The van der Waals surface area contributed by atoms with Crippen LogP contribution >= 0.6 is 0 Å². The molecule has 0 unspecified atom stereocenters. The van der Waals surface area contributed by atoms with E-state index in [-0.39, 0.29) is 10.8 Å². The molecule has 0 N–H and O–H groups in total. The van der Waals surface area contributed by atoms with Gasteiger partial charge in [-0.25, -0.2) is 0 Å². The lowest BCUT2D eigenvalue weighted by molar-refractivity contribution is 0.635. The molecular weight excluding hydrogens is 470 g/mol. The minimum Gasteiger partial charge on any atom is -0.310 e. The Morgan fingerprint density at radius 2 is 1.03 bits per heavy atom. The lowest BCUT2D eigenvalue weighted by atomic mass is 9.78. The summed E-state index contributed by atoms with van der Waals surface area (Å²) in [5.41, 5.74) is 15.0. The summed E-state index contributed by atoms with van der Waals surface area (Å²) in [6.45, 7) is 14.2. The van der Waals surface area contributed by atoms with Crippen molar-refractivity contribution in [3.05, 3.63) is 131 Å². The summed E-state index contributed by atoms with van der Waals surface area (Å²) in [5.74, 6) is 0. The third kappa shape index (κ3) is 3.26. The van der Waals surface area contributed by atoms with Crippen LogP contribution < -0.4 is 4.90 Å². The molecule has 2 aliphatic carbocycles. The minimum absolute atomic E-state index is 0.0501. The molecule has 192 valence electrons. The van der Waals surface area contributed by atoms with E-state index in [0.29, 0.717) is 0 Å². The molecule has 0 aromatic heterocycles. The molecule has 0 heterocycles. The summed E-state index contributed by atoms with van der Waals surface area (Å²) in [6, 6.07) is 38.0. The molecule has 39 heavy (non-hydrogen) atoms. The summed E-state index contributed by atoms with van der Waals surface area (Å²) in [6.07, 6.45) is 0. The monoisotopic (exact) mass is 505 g/mol. The summed E-state index contributed by atoms with van der Waals surface area (Å²) in [5, 5.41) is 2.60. The molecule has 0 radical (unpaired) electrons. The normalized spacial score (nSPS) is 16.3. The maximum absolute atomic E-state index is 2.52. The maximum Gasteiger partial charge on any atom is 0.0543 e. The Labute approximate surface area is 232 Å². The zero-order chi connectivity index (χ0) is 27.1. The van der Waals surface area contributed by atoms with Crippen molar-refractivity contribution in [2.45, 2.75) is 52.4 Å². The van der Waals surface area contributed by atoms with E-state index in [1.807, 2.05) is 0 Å². The first-order valence-electron chi connectivity index (χ1n) is 14.1. The topological polar surface area (TPSA) is 3.24 Å². The van der Waals surface area contributed by atoms with Gasteiger partial charge in [0.15, 0.2) is 0 Å². The fourth-order valence-corrected chi connectivity index (χ4v) is 7.07. The molecule has 0 amide bonds. The minimum atomic E-state index is -0.113. The Kier molecular flexibility index (Phi) is 5.04. The largest absolute Gasteiger partial charge is 0.310 e. The van der Waals surface area contributed by atoms with Crippen molar-refractivity contribution in [3.63, 3.8) is 0 Å². The number of hydrogen-bond donors (Lipinski definition) is 0. The van der Waals surface area contributed by atoms with Crippen LogP contribution in [-0.2, 0) is 10.8 Å². The predicted octanol–water partition coefficient (Wildman–Crippen LogP) is 10.7. The standard InChI is InChI=1S/C38H35N/c1-24-25(2)37(3,4)32-22-31-33(21-30(24)32)38(5,6)34-23-35(28-19-13-14-20-29(28)36(31)34)39(26-15-9-7-10-16-26)27-17-11-8-12-18-27/h7-23H,1-6H3. The van der Waals surface area contributed by atoms with Crippen LogP contribution in [0.3, 0.4) is 0 Å². The molecule has 0 bridgehead atoms. The molecule has 0 aliphatic heterocycles. The number of rotatable bonds is 3. The quantitative estimate of drug-likeness (QED) is 0.236. The summed E-state index contributed by atoms with van der Waals surface area (Å²) >= 11 is 0. The van der Waals surface area contributed by atoms with Gasteiger partial charge in [0, 0.05) is 27.6 Å². The third-order valence-electron chi connectivity index (χ3n) is 9.64. The van der Waals surface area contributed by atoms with Crippen molar-refractivity contribution in [2.24, 2.45) is 0 Å². The van der Waals surface area contributed by atoms with Crippen LogP contribution in [-0.4, -0.2) is 0 Å². The number of anilines is 3. The molecule has 5 aromatic rings. The maximum atomic E-state index is 2.52. The van der Waals surface area contributed by atoms with E-state index in [1.165, 1.54) is 72.4 Å². The van der Waals surface area contributed by atoms with Crippen LogP contribution in [0, 0.1) is 0 Å². The van der Waals surface area contributed by atoms with Gasteiger partial charge < -0.3 is 4.90 Å². The summed E-state index contributed by atoms with van der Waals surface area (Å²) in [7, 11) is 0. The van der Waals surface area contributed by atoms with Crippen molar-refractivity contribution in [3.8, 4) is 11.1 Å². The van der Waals surface area contributed by atoms with Crippen LogP contribution in [0.25, 0.3) is 27.5 Å². The Morgan fingerprint density at radius 3 is 1.64 bits per heavy atom. The van der Waals surface area contributed by atoms with E-state index < -0.39 is 0 Å². The zero-order valence-electron chi connectivity index (χ0n) is 23.8. The van der Waals surface area contributed by atoms with Gasteiger partial charge in [0.1, 0.15) is 0 Å². The van der Waals surface area contributed by atoms with E-state index in [4.69, 9.17) is 0 Å². The highest BCUT2D eigenvalue weighted by Gasteiger charge is 2.42. The highest BCUT2D eigenvalue weighted by Crippen LogP contribution is 2.57. The van der Waals surface area contributed by atoms with Gasteiger partial charge in [-0.05, 0) is 101 Å². The highest BCUT2D eigenvalue weighted by molar-refractivity contribution is 6.10. The van der Waals surface area contributed by atoms with Crippen LogP contribution in [0.15, 0.2) is 109 Å². The molecule has 2 aliphatic rings.